The first-order chi connectivity index (χ1) is 19.9. The molecule has 2 atom stereocenters. The highest BCUT2D eigenvalue weighted by Crippen LogP contribution is 2.45. The molecule has 1 heterocycles. The van der Waals surface area contributed by atoms with Gasteiger partial charge in [-0.15, -0.1) is 0 Å². The van der Waals surface area contributed by atoms with E-state index in [2.05, 4.69) is 16.7 Å². The molecule has 0 fully saturated rings. The molecule has 0 amide bonds. The molecule has 0 saturated heterocycles. The van der Waals surface area contributed by atoms with Crippen molar-refractivity contribution in [1.82, 2.24) is 9.80 Å². The summed E-state index contributed by atoms with van der Waals surface area (Å²) in [5.74, 6) is 0.336. The molecule has 1 aromatic rings. The standard InChI is InChI=1S/C32H57N2O6P/c1-4-6-7-8-9-10-11-12-13-14-15-16-17-20-25-37-27-31(38-5-2)28-39-41(35,36)40-32-22-19-18-21-30(32)26-34-24-23-33(3)29-34/h18-19,21-24,31H,4-17,20,25-29H2,1-3H3,(H,35,36). The number of hydrogen-bond acceptors (Lipinski definition) is 7. The van der Waals surface area contributed by atoms with Gasteiger partial charge in [-0.3, -0.25) is 9.42 Å². The van der Waals surface area contributed by atoms with Gasteiger partial charge in [0.25, 0.3) is 0 Å². The van der Waals surface area contributed by atoms with Gasteiger partial charge in [-0.1, -0.05) is 109 Å². The van der Waals surface area contributed by atoms with E-state index < -0.39 is 13.9 Å². The first-order valence-corrected chi connectivity index (χ1v) is 17.5. The van der Waals surface area contributed by atoms with E-state index in [9.17, 15) is 9.46 Å². The van der Waals surface area contributed by atoms with Crippen LogP contribution in [0.4, 0.5) is 0 Å². The van der Waals surface area contributed by atoms with Crippen LogP contribution in [0.5, 0.6) is 5.75 Å². The van der Waals surface area contributed by atoms with E-state index in [4.69, 9.17) is 18.5 Å². The van der Waals surface area contributed by atoms with Crippen LogP contribution in [0.15, 0.2) is 36.7 Å². The van der Waals surface area contributed by atoms with Crippen molar-refractivity contribution in [2.75, 3.05) is 40.1 Å². The van der Waals surface area contributed by atoms with Gasteiger partial charge in [-0.05, 0) is 19.4 Å². The van der Waals surface area contributed by atoms with Crippen LogP contribution in [0.1, 0.15) is 109 Å². The van der Waals surface area contributed by atoms with Crippen LogP contribution in [-0.4, -0.2) is 60.9 Å². The number of benzene rings is 1. The zero-order chi connectivity index (χ0) is 29.6. The van der Waals surface area contributed by atoms with Gasteiger partial charge in [0.2, 0.25) is 0 Å². The van der Waals surface area contributed by atoms with Crippen molar-refractivity contribution in [2.45, 2.75) is 116 Å². The second-order valence-electron chi connectivity index (χ2n) is 11.2. The molecule has 1 aliphatic heterocycles. The molecule has 0 aliphatic carbocycles. The van der Waals surface area contributed by atoms with Crippen molar-refractivity contribution < 1.29 is 28.0 Å². The van der Waals surface area contributed by atoms with Gasteiger partial charge in [-0.2, -0.15) is 0 Å². The Kier molecular flexibility index (Phi) is 19.1. The molecule has 41 heavy (non-hydrogen) atoms. The molecular weight excluding hydrogens is 539 g/mol. The van der Waals surface area contributed by atoms with Crippen molar-refractivity contribution in [3.8, 4) is 5.75 Å². The summed E-state index contributed by atoms with van der Waals surface area (Å²) < 4.78 is 35.0. The number of phosphoric ester groups is 1. The van der Waals surface area contributed by atoms with Gasteiger partial charge < -0.3 is 23.8 Å². The fourth-order valence-electron chi connectivity index (χ4n) is 4.96. The molecular formula is C32H57N2O6P. The SMILES string of the molecule is CCCCCCCCCCCCCCCCOCC(COP(=O)(O)Oc1ccccc1CN1C=CN(C)C1)OCC. The zero-order valence-electron chi connectivity index (χ0n) is 26.0. The van der Waals surface area contributed by atoms with Gasteiger partial charge in [0, 0.05) is 44.8 Å². The van der Waals surface area contributed by atoms with Crippen LogP contribution in [0.2, 0.25) is 0 Å². The lowest BCUT2D eigenvalue weighted by atomic mass is 10.0. The number of para-hydroxylation sites is 1. The van der Waals surface area contributed by atoms with Crippen molar-refractivity contribution in [3.63, 3.8) is 0 Å². The van der Waals surface area contributed by atoms with Gasteiger partial charge >= 0.3 is 7.82 Å². The maximum absolute atomic E-state index is 12.7. The van der Waals surface area contributed by atoms with Crippen LogP contribution in [0.3, 0.4) is 0 Å². The number of ether oxygens (including phenoxy) is 2. The van der Waals surface area contributed by atoms with Crippen molar-refractivity contribution in [2.24, 2.45) is 0 Å². The summed E-state index contributed by atoms with van der Waals surface area (Å²) in [5.41, 5.74) is 0.809. The molecule has 2 rings (SSSR count). The average molecular weight is 597 g/mol. The van der Waals surface area contributed by atoms with Gasteiger partial charge in [0.15, 0.2) is 0 Å². The van der Waals surface area contributed by atoms with Crippen LogP contribution in [-0.2, 0) is 25.1 Å². The Morgan fingerprint density at radius 1 is 0.854 bits per heavy atom. The van der Waals surface area contributed by atoms with Crippen molar-refractivity contribution >= 4 is 7.82 Å². The van der Waals surface area contributed by atoms with Gasteiger partial charge in [0.05, 0.1) is 19.9 Å². The van der Waals surface area contributed by atoms with E-state index in [1.165, 1.54) is 77.0 Å². The fraction of sp³-hybridized carbons (Fsp3) is 0.750. The molecule has 0 bridgehead atoms. The third kappa shape index (κ3) is 17.2. The monoisotopic (exact) mass is 596 g/mol. The molecule has 0 radical (unpaired) electrons. The van der Waals surface area contributed by atoms with Crippen molar-refractivity contribution in [1.29, 1.82) is 0 Å². The molecule has 1 N–H and O–H groups in total. The Morgan fingerprint density at radius 2 is 1.46 bits per heavy atom. The lowest BCUT2D eigenvalue weighted by Crippen LogP contribution is -2.26. The van der Waals surface area contributed by atoms with E-state index >= 15 is 0 Å². The maximum atomic E-state index is 12.7. The predicted octanol–water partition coefficient (Wildman–Crippen LogP) is 8.26. The molecule has 1 aromatic carbocycles. The number of phosphoric acid groups is 1. The molecule has 0 spiro atoms. The smallest absolute Gasteiger partial charge is 0.404 e. The highest BCUT2D eigenvalue weighted by molar-refractivity contribution is 7.47. The Morgan fingerprint density at radius 3 is 2.05 bits per heavy atom. The summed E-state index contributed by atoms with van der Waals surface area (Å²) in [5, 5.41) is 0. The third-order valence-electron chi connectivity index (χ3n) is 7.27. The van der Waals surface area contributed by atoms with E-state index in [0.29, 0.717) is 32.1 Å². The second kappa shape index (κ2) is 22.0. The molecule has 0 saturated carbocycles. The Bertz CT molecular complexity index is 870. The zero-order valence-corrected chi connectivity index (χ0v) is 26.9. The van der Waals surface area contributed by atoms with Gasteiger partial charge in [0.1, 0.15) is 11.9 Å². The average Bonchev–Trinajstić information content (AvgIpc) is 3.36. The molecule has 1 aliphatic rings. The van der Waals surface area contributed by atoms with Crippen molar-refractivity contribution in [3.05, 3.63) is 42.2 Å². The molecule has 2 unspecified atom stereocenters. The Hall–Kier alpha value is -1.57. The van der Waals surface area contributed by atoms with E-state index in [1.54, 1.807) is 12.1 Å². The fourth-order valence-corrected chi connectivity index (χ4v) is 5.79. The predicted molar refractivity (Wildman–Crippen MR) is 167 cm³/mol. The molecule has 236 valence electrons. The number of unbranched alkanes of at least 4 members (excludes halogenated alkanes) is 13. The summed E-state index contributed by atoms with van der Waals surface area (Å²) in [6.07, 6.45) is 22.1. The summed E-state index contributed by atoms with van der Waals surface area (Å²) in [6, 6.07) is 7.23. The number of hydrogen-bond donors (Lipinski definition) is 1. The Balaban J connectivity index is 1.55. The van der Waals surface area contributed by atoms with Crippen LogP contribution in [0, 0.1) is 0 Å². The molecule has 9 heteroatoms. The Labute approximate surface area is 250 Å². The summed E-state index contributed by atoms with van der Waals surface area (Å²) >= 11 is 0. The lowest BCUT2D eigenvalue weighted by molar-refractivity contribution is -0.0373. The quantitative estimate of drug-likeness (QED) is 0.0846. The first-order valence-electron chi connectivity index (χ1n) is 16.0. The summed E-state index contributed by atoms with van der Waals surface area (Å²) in [7, 11) is -2.34. The highest BCUT2D eigenvalue weighted by Gasteiger charge is 2.27. The molecule has 0 aromatic heterocycles. The highest BCUT2D eigenvalue weighted by atomic mass is 31.2. The van der Waals surface area contributed by atoms with Crippen LogP contribution >= 0.6 is 7.82 Å². The largest absolute Gasteiger partial charge is 0.527 e. The van der Waals surface area contributed by atoms with Crippen LogP contribution < -0.4 is 4.52 Å². The van der Waals surface area contributed by atoms with E-state index in [1.807, 2.05) is 38.5 Å². The molecule has 8 nitrogen and oxygen atoms in total. The lowest BCUT2D eigenvalue weighted by Gasteiger charge is -2.22. The first kappa shape index (κ1) is 35.6. The topological polar surface area (TPSA) is 80.7 Å². The van der Waals surface area contributed by atoms with E-state index in [0.717, 1.165) is 25.1 Å². The van der Waals surface area contributed by atoms with E-state index in [-0.39, 0.29) is 6.61 Å². The third-order valence-corrected chi connectivity index (χ3v) is 8.17. The second-order valence-corrected chi connectivity index (χ2v) is 12.5. The number of rotatable bonds is 26. The number of nitrogens with zero attached hydrogens (tertiary/aromatic N) is 2. The minimum atomic E-state index is -4.33. The normalized spacial score (nSPS) is 15.4. The minimum absolute atomic E-state index is 0.0812. The van der Waals surface area contributed by atoms with Gasteiger partial charge in [-0.25, -0.2) is 4.57 Å². The summed E-state index contributed by atoms with van der Waals surface area (Å²) in [6.45, 7) is 6.82. The van der Waals surface area contributed by atoms with Crippen LogP contribution in [0.25, 0.3) is 0 Å². The summed E-state index contributed by atoms with van der Waals surface area (Å²) in [4.78, 5) is 14.5. The minimum Gasteiger partial charge on any atom is -0.404 e. The maximum Gasteiger partial charge on any atom is 0.527 e.